The van der Waals surface area contributed by atoms with E-state index in [1.807, 2.05) is 13.0 Å². The van der Waals surface area contributed by atoms with E-state index in [4.69, 9.17) is 9.78 Å². The fraction of sp³-hybridized carbons (Fsp3) is 0.867. The first-order valence-electron chi connectivity index (χ1n) is 7.16. The molecule has 0 amide bonds. The highest BCUT2D eigenvalue weighted by Crippen LogP contribution is 2.44. The second kappa shape index (κ2) is 5.17. The van der Waals surface area contributed by atoms with Gasteiger partial charge < -0.3 is 10.2 Å². The van der Waals surface area contributed by atoms with Gasteiger partial charge in [-0.2, -0.15) is 0 Å². The Morgan fingerprint density at radius 3 is 2.68 bits per heavy atom. The second-order valence-electron chi connectivity index (χ2n) is 6.85. The summed E-state index contributed by atoms with van der Waals surface area (Å²) in [7, 11) is 0. The third-order valence-corrected chi connectivity index (χ3v) is 4.62. The van der Waals surface area contributed by atoms with Crippen LogP contribution in [0.15, 0.2) is 12.2 Å². The molecule has 1 aliphatic carbocycles. The minimum Gasteiger partial charge on any atom is -0.387 e. The second-order valence-corrected chi connectivity index (χ2v) is 6.85. The SMILES string of the molecule is C[C@@H]1CC[C@@H]2C[C@@H]1OO[C@@]2(C)/C=C/[C@H](O)C(C)(C)O. The van der Waals surface area contributed by atoms with Gasteiger partial charge in [0.2, 0.25) is 0 Å². The lowest BCUT2D eigenvalue weighted by molar-refractivity contribution is -0.421. The molecule has 2 rings (SSSR count). The van der Waals surface area contributed by atoms with Gasteiger partial charge in [0.05, 0.1) is 11.7 Å². The topological polar surface area (TPSA) is 58.9 Å². The Kier molecular flexibility index (Phi) is 4.07. The first-order chi connectivity index (χ1) is 8.72. The lowest BCUT2D eigenvalue weighted by Crippen LogP contribution is -2.49. The molecule has 1 saturated heterocycles. The van der Waals surface area contributed by atoms with E-state index >= 15 is 0 Å². The Hall–Kier alpha value is -0.420. The molecule has 1 saturated carbocycles. The van der Waals surface area contributed by atoms with Crippen LogP contribution in [0.25, 0.3) is 0 Å². The summed E-state index contributed by atoms with van der Waals surface area (Å²) in [6.07, 6.45) is 6.00. The Morgan fingerprint density at radius 2 is 2.05 bits per heavy atom. The summed E-state index contributed by atoms with van der Waals surface area (Å²) >= 11 is 0. The Bertz CT molecular complexity index is 347. The van der Waals surface area contributed by atoms with E-state index in [1.54, 1.807) is 19.9 Å². The smallest absolute Gasteiger partial charge is 0.122 e. The maximum Gasteiger partial charge on any atom is 0.122 e. The fourth-order valence-corrected chi connectivity index (χ4v) is 2.85. The molecule has 2 N–H and O–H groups in total. The maximum absolute atomic E-state index is 9.86. The standard InChI is InChI=1S/C15H26O4/c1-10-5-6-11-9-12(10)18-19-15(11,4)8-7-13(16)14(2,3)17/h7-8,10-13,16-17H,5-6,9H2,1-4H3/b8-7+/t10-,11-,12+,13+,15+/m1/s1. The number of fused-ring (bicyclic) bond motifs is 2. The number of rotatable bonds is 3. The molecule has 110 valence electrons. The molecule has 2 aliphatic rings. The molecule has 1 heterocycles. The van der Waals surface area contributed by atoms with E-state index in [0.717, 1.165) is 19.3 Å². The van der Waals surface area contributed by atoms with Crippen LogP contribution in [-0.2, 0) is 9.78 Å². The van der Waals surface area contributed by atoms with Crippen LogP contribution in [0.3, 0.4) is 0 Å². The van der Waals surface area contributed by atoms with E-state index in [1.165, 1.54) is 0 Å². The molecule has 19 heavy (non-hydrogen) atoms. The number of hydrogen-bond acceptors (Lipinski definition) is 4. The highest BCUT2D eigenvalue weighted by Gasteiger charge is 2.45. The number of aliphatic hydroxyl groups is 2. The van der Waals surface area contributed by atoms with E-state index in [-0.39, 0.29) is 6.10 Å². The highest BCUT2D eigenvalue weighted by molar-refractivity contribution is 5.09. The van der Waals surface area contributed by atoms with Crippen LogP contribution in [0.5, 0.6) is 0 Å². The molecule has 0 aromatic heterocycles. The van der Waals surface area contributed by atoms with Gasteiger partial charge in [0.1, 0.15) is 11.7 Å². The van der Waals surface area contributed by atoms with Crippen molar-refractivity contribution in [2.45, 2.75) is 70.4 Å². The average Bonchev–Trinajstić information content (AvgIpc) is 2.33. The van der Waals surface area contributed by atoms with Gasteiger partial charge in [-0.25, -0.2) is 9.78 Å². The largest absolute Gasteiger partial charge is 0.387 e. The zero-order valence-electron chi connectivity index (χ0n) is 12.3. The summed E-state index contributed by atoms with van der Waals surface area (Å²) in [5, 5.41) is 19.6. The molecular formula is C15H26O4. The summed E-state index contributed by atoms with van der Waals surface area (Å²) in [5.41, 5.74) is -1.66. The van der Waals surface area contributed by atoms with Crippen molar-refractivity contribution < 1.29 is 20.0 Å². The zero-order chi connectivity index (χ0) is 14.3. The van der Waals surface area contributed by atoms with Crippen LogP contribution in [0.1, 0.15) is 47.0 Å². The van der Waals surface area contributed by atoms with Crippen LogP contribution >= 0.6 is 0 Å². The summed E-state index contributed by atoms with van der Waals surface area (Å²) < 4.78 is 0. The molecule has 2 fully saturated rings. The molecule has 5 atom stereocenters. The first-order valence-corrected chi connectivity index (χ1v) is 7.16. The lowest BCUT2D eigenvalue weighted by Gasteiger charge is -2.46. The summed E-state index contributed by atoms with van der Waals surface area (Å²) in [6, 6.07) is 0. The Morgan fingerprint density at radius 1 is 1.37 bits per heavy atom. The Labute approximate surface area is 115 Å². The molecule has 4 nitrogen and oxygen atoms in total. The maximum atomic E-state index is 9.86. The molecule has 2 bridgehead atoms. The van der Waals surface area contributed by atoms with Gasteiger partial charge in [0, 0.05) is 0 Å². The van der Waals surface area contributed by atoms with Crippen molar-refractivity contribution in [1.82, 2.24) is 0 Å². The minimum absolute atomic E-state index is 0.194. The third kappa shape index (κ3) is 3.19. The molecule has 0 aromatic rings. The van der Waals surface area contributed by atoms with Crippen molar-refractivity contribution in [3.63, 3.8) is 0 Å². The van der Waals surface area contributed by atoms with Crippen LogP contribution in [-0.4, -0.2) is 33.6 Å². The van der Waals surface area contributed by atoms with Crippen molar-refractivity contribution >= 4 is 0 Å². The van der Waals surface area contributed by atoms with Gasteiger partial charge in [0.15, 0.2) is 0 Å². The lowest BCUT2D eigenvalue weighted by atomic mass is 9.72. The zero-order valence-corrected chi connectivity index (χ0v) is 12.3. The third-order valence-electron chi connectivity index (χ3n) is 4.62. The average molecular weight is 270 g/mol. The molecule has 0 aromatic carbocycles. The molecule has 0 radical (unpaired) electrons. The molecule has 0 spiro atoms. The predicted molar refractivity (Wildman–Crippen MR) is 72.3 cm³/mol. The van der Waals surface area contributed by atoms with E-state index in [0.29, 0.717) is 11.8 Å². The summed E-state index contributed by atoms with van der Waals surface area (Å²) in [5.74, 6) is 0.958. The predicted octanol–water partition coefficient (Wildman–Crippen LogP) is 2.20. The van der Waals surface area contributed by atoms with Crippen LogP contribution in [0.4, 0.5) is 0 Å². The van der Waals surface area contributed by atoms with E-state index < -0.39 is 17.3 Å². The van der Waals surface area contributed by atoms with Gasteiger partial charge in [0.25, 0.3) is 0 Å². The molecular weight excluding hydrogens is 244 g/mol. The highest BCUT2D eigenvalue weighted by atomic mass is 17.2. The van der Waals surface area contributed by atoms with E-state index in [2.05, 4.69) is 6.92 Å². The van der Waals surface area contributed by atoms with Crippen molar-refractivity contribution in [1.29, 1.82) is 0 Å². The van der Waals surface area contributed by atoms with Crippen molar-refractivity contribution in [3.05, 3.63) is 12.2 Å². The molecule has 4 heteroatoms. The van der Waals surface area contributed by atoms with Crippen molar-refractivity contribution in [3.8, 4) is 0 Å². The van der Waals surface area contributed by atoms with Gasteiger partial charge in [-0.1, -0.05) is 19.1 Å². The first kappa shape index (κ1) is 15.0. The van der Waals surface area contributed by atoms with Crippen molar-refractivity contribution in [2.24, 2.45) is 11.8 Å². The van der Waals surface area contributed by atoms with Crippen LogP contribution in [0, 0.1) is 11.8 Å². The van der Waals surface area contributed by atoms with Crippen LogP contribution in [0.2, 0.25) is 0 Å². The fourth-order valence-electron chi connectivity index (χ4n) is 2.85. The summed E-state index contributed by atoms with van der Waals surface area (Å²) in [6.45, 7) is 7.35. The monoisotopic (exact) mass is 270 g/mol. The minimum atomic E-state index is -1.15. The number of hydrogen-bond donors (Lipinski definition) is 2. The van der Waals surface area contributed by atoms with Gasteiger partial charge in [-0.15, -0.1) is 0 Å². The normalized spacial score (nSPS) is 41.5. The van der Waals surface area contributed by atoms with Gasteiger partial charge in [-0.05, 0) is 51.9 Å². The van der Waals surface area contributed by atoms with Gasteiger partial charge in [-0.3, -0.25) is 0 Å². The van der Waals surface area contributed by atoms with Gasteiger partial charge >= 0.3 is 0 Å². The molecule has 1 aliphatic heterocycles. The van der Waals surface area contributed by atoms with Crippen molar-refractivity contribution in [2.75, 3.05) is 0 Å². The molecule has 0 unspecified atom stereocenters. The summed E-state index contributed by atoms with van der Waals surface area (Å²) in [4.78, 5) is 11.1. The van der Waals surface area contributed by atoms with Crippen LogP contribution < -0.4 is 0 Å². The van der Waals surface area contributed by atoms with E-state index in [9.17, 15) is 10.2 Å². The quantitative estimate of drug-likeness (QED) is 0.610. The Balaban J connectivity index is 2.05. The number of aliphatic hydroxyl groups excluding tert-OH is 1.